The third kappa shape index (κ3) is 5.27. The van der Waals surface area contributed by atoms with Gasteiger partial charge in [-0.25, -0.2) is 9.69 Å². The second kappa shape index (κ2) is 10.4. The van der Waals surface area contributed by atoms with Crippen LogP contribution in [0.4, 0.5) is 10.5 Å². The van der Waals surface area contributed by atoms with Crippen LogP contribution in [-0.2, 0) is 11.4 Å². The van der Waals surface area contributed by atoms with Gasteiger partial charge in [-0.1, -0.05) is 40.9 Å². The lowest BCUT2D eigenvalue weighted by Gasteiger charge is -2.14. The van der Waals surface area contributed by atoms with E-state index in [4.69, 9.17) is 44.3 Å². The molecule has 1 aliphatic rings. The van der Waals surface area contributed by atoms with Crippen LogP contribution in [0.1, 0.15) is 11.1 Å². The Balaban J connectivity index is 1.57. The molecule has 0 unspecified atom stereocenters. The first-order valence-electron chi connectivity index (χ1n) is 9.84. The summed E-state index contributed by atoms with van der Waals surface area (Å²) >= 11 is 20.1. The Morgan fingerprint density at radius 3 is 2.41 bits per heavy atom. The molecule has 34 heavy (non-hydrogen) atoms. The van der Waals surface area contributed by atoms with Crippen molar-refractivity contribution in [3.05, 3.63) is 90.1 Å². The summed E-state index contributed by atoms with van der Waals surface area (Å²) in [5.41, 5.74) is 2.07. The minimum Gasteiger partial charge on any atom is -0.493 e. The van der Waals surface area contributed by atoms with E-state index in [2.05, 4.69) is 27.9 Å². The van der Waals surface area contributed by atoms with Gasteiger partial charge in [0, 0.05) is 5.02 Å². The molecule has 1 fully saturated rings. The van der Waals surface area contributed by atoms with Crippen LogP contribution in [-0.4, -0.2) is 19.0 Å². The zero-order valence-corrected chi connectivity index (χ0v) is 22.0. The number of carbonyl (C=O) groups is 2. The van der Waals surface area contributed by atoms with Crippen LogP contribution >= 0.6 is 57.4 Å². The Hall–Kier alpha value is -2.46. The van der Waals surface area contributed by atoms with Crippen LogP contribution in [0.25, 0.3) is 6.08 Å². The molecule has 1 N–H and O–H groups in total. The predicted molar refractivity (Wildman–Crippen MR) is 142 cm³/mol. The Labute approximate surface area is 224 Å². The molecule has 174 valence electrons. The van der Waals surface area contributed by atoms with Gasteiger partial charge in [-0.2, -0.15) is 0 Å². The lowest BCUT2D eigenvalue weighted by atomic mass is 10.1. The molecule has 3 aromatic rings. The van der Waals surface area contributed by atoms with Crippen LogP contribution in [0.2, 0.25) is 15.1 Å². The summed E-state index contributed by atoms with van der Waals surface area (Å²) < 4.78 is 12.2. The van der Waals surface area contributed by atoms with Crippen LogP contribution in [0.3, 0.4) is 0 Å². The van der Waals surface area contributed by atoms with Crippen molar-refractivity contribution in [1.82, 2.24) is 5.32 Å². The lowest BCUT2D eigenvalue weighted by Crippen LogP contribution is -2.30. The number of nitrogens with zero attached hydrogens (tertiary/aromatic N) is 1. The zero-order chi connectivity index (χ0) is 24.4. The molecule has 0 atom stereocenters. The average molecular weight is 630 g/mol. The number of amides is 3. The molecule has 1 saturated heterocycles. The number of anilines is 1. The number of imide groups is 1. The van der Waals surface area contributed by atoms with Crippen LogP contribution in [0, 0.1) is 3.57 Å². The molecule has 0 saturated carbocycles. The fourth-order valence-corrected chi connectivity index (χ4v) is 4.50. The first-order chi connectivity index (χ1) is 16.3. The smallest absolute Gasteiger partial charge is 0.333 e. The van der Waals surface area contributed by atoms with Crippen molar-refractivity contribution in [3.63, 3.8) is 0 Å². The quantitative estimate of drug-likeness (QED) is 0.182. The monoisotopic (exact) mass is 628 g/mol. The van der Waals surface area contributed by atoms with Crippen molar-refractivity contribution < 1.29 is 19.1 Å². The molecule has 0 aromatic heterocycles. The maximum absolute atomic E-state index is 12.9. The SMILES string of the molecule is COc1cc(/C=C2/NC(=O)N(c3ccc(Cl)cc3)C2=O)cc(I)c1OCc1ccc(Cl)c(Cl)c1. The molecular formula is C24H16Cl3IN2O4. The highest BCUT2D eigenvalue weighted by atomic mass is 127. The molecule has 0 spiro atoms. The number of methoxy groups -OCH3 is 1. The maximum Gasteiger partial charge on any atom is 0.333 e. The van der Waals surface area contributed by atoms with E-state index in [0.29, 0.717) is 37.8 Å². The standard InChI is InChI=1S/C24H16Cl3IN2O4/c1-33-21-11-14(9-19(28)22(21)34-12-13-2-7-17(26)18(27)8-13)10-20-23(31)30(24(32)29-20)16-5-3-15(25)4-6-16/h2-11H,12H2,1H3,(H,29,32)/b20-10+. The minimum absolute atomic E-state index is 0.141. The highest BCUT2D eigenvalue weighted by molar-refractivity contribution is 14.1. The number of halogens is 4. The van der Waals surface area contributed by atoms with E-state index >= 15 is 0 Å². The number of rotatable bonds is 6. The first kappa shape index (κ1) is 24.7. The highest BCUT2D eigenvalue weighted by Gasteiger charge is 2.34. The summed E-state index contributed by atoms with van der Waals surface area (Å²) in [4.78, 5) is 26.4. The summed E-state index contributed by atoms with van der Waals surface area (Å²) in [6, 6.07) is 14.7. The Morgan fingerprint density at radius 2 is 1.74 bits per heavy atom. The van der Waals surface area contributed by atoms with Gasteiger partial charge in [-0.05, 0) is 88.3 Å². The maximum atomic E-state index is 12.9. The predicted octanol–water partition coefficient (Wildman–Crippen LogP) is 6.94. The molecular weight excluding hydrogens is 614 g/mol. The number of hydrogen-bond donors (Lipinski definition) is 1. The van der Waals surface area contributed by atoms with E-state index in [1.807, 2.05) is 12.1 Å². The second-order valence-corrected chi connectivity index (χ2v) is 9.59. The van der Waals surface area contributed by atoms with E-state index in [0.717, 1.165) is 14.0 Å². The number of urea groups is 1. The molecule has 0 aliphatic carbocycles. The van der Waals surface area contributed by atoms with Gasteiger partial charge < -0.3 is 14.8 Å². The number of ether oxygens (including phenoxy) is 2. The molecule has 3 aromatic carbocycles. The van der Waals surface area contributed by atoms with Gasteiger partial charge >= 0.3 is 6.03 Å². The summed E-state index contributed by atoms with van der Waals surface area (Å²) in [7, 11) is 1.53. The Kier molecular flexibility index (Phi) is 7.57. The number of carbonyl (C=O) groups excluding carboxylic acids is 2. The van der Waals surface area contributed by atoms with Crippen molar-refractivity contribution in [3.8, 4) is 11.5 Å². The van der Waals surface area contributed by atoms with Gasteiger partial charge in [0.2, 0.25) is 0 Å². The fraction of sp³-hybridized carbons (Fsp3) is 0.0833. The third-order valence-electron chi connectivity index (χ3n) is 4.89. The Morgan fingerprint density at radius 1 is 1.00 bits per heavy atom. The van der Waals surface area contributed by atoms with Crippen molar-refractivity contribution in [1.29, 1.82) is 0 Å². The van der Waals surface area contributed by atoms with Crippen LogP contribution in [0.5, 0.6) is 11.5 Å². The fourth-order valence-electron chi connectivity index (χ4n) is 3.27. The molecule has 3 amide bonds. The summed E-state index contributed by atoms with van der Waals surface area (Å²) in [5, 5.41) is 4.04. The third-order valence-corrected chi connectivity index (χ3v) is 6.69. The van der Waals surface area contributed by atoms with Gasteiger partial charge in [0.1, 0.15) is 12.3 Å². The normalized spacial score (nSPS) is 14.5. The topological polar surface area (TPSA) is 67.9 Å². The average Bonchev–Trinajstić information content (AvgIpc) is 3.08. The van der Waals surface area contributed by atoms with Gasteiger partial charge in [-0.3, -0.25) is 4.79 Å². The zero-order valence-electron chi connectivity index (χ0n) is 17.6. The second-order valence-electron chi connectivity index (χ2n) is 7.18. The van der Waals surface area contributed by atoms with Crippen LogP contribution in [0.15, 0.2) is 60.3 Å². The van der Waals surface area contributed by atoms with Crippen LogP contribution < -0.4 is 19.7 Å². The van der Waals surface area contributed by atoms with Crippen molar-refractivity contribution in [2.45, 2.75) is 6.61 Å². The molecule has 10 heteroatoms. The molecule has 6 nitrogen and oxygen atoms in total. The van der Waals surface area contributed by atoms with E-state index in [9.17, 15) is 9.59 Å². The van der Waals surface area contributed by atoms with Crippen molar-refractivity contribution in [2.24, 2.45) is 0 Å². The molecule has 1 heterocycles. The summed E-state index contributed by atoms with van der Waals surface area (Å²) in [6.07, 6.45) is 1.59. The first-order valence-corrected chi connectivity index (χ1v) is 12.0. The Bertz CT molecular complexity index is 1310. The summed E-state index contributed by atoms with van der Waals surface area (Å²) in [6.45, 7) is 0.258. The van der Waals surface area contributed by atoms with Crippen molar-refractivity contribution >= 4 is 81.1 Å². The minimum atomic E-state index is -0.540. The van der Waals surface area contributed by atoms with E-state index in [1.165, 1.54) is 7.11 Å². The van der Waals surface area contributed by atoms with Gasteiger partial charge in [0.15, 0.2) is 11.5 Å². The van der Waals surface area contributed by atoms with E-state index in [-0.39, 0.29) is 12.3 Å². The summed E-state index contributed by atoms with van der Waals surface area (Å²) in [5.74, 6) is 0.548. The largest absolute Gasteiger partial charge is 0.493 e. The number of nitrogens with one attached hydrogen (secondary N) is 1. The van der Waals surface area contributed by atoms with E-state index < -0.39 is 11.9 Å². The van der Waals surface area contributed by atoms with Crippen molar-refractivity contribution in [2.75, 3.05) is 12.0 Å². The van der Waals surface area contributed by atoms with E-state index in [1.54, 1.807) is 48.5 Å². The van der Waals surface area contributed by atoms with Gasteiger partial charge in [-0.15, -0.1) is 0 Å². The molecule has 0 radical (unpaired) electrons. The lowest BCUT2D eigenvalue weighted by molar-refractivity contribution is -0.113. The molecule has 0 bridgehead atoms. The highest BCUT2D eigenvalue weighted by Crippen LogP contribution is 2.36. The molecule has 4 rings (SSSR count). The van der Waals surface area contributed by atoms with Gasteiger partial charge in [0.25, 0.3) is 5.91 Å². The van der Waals surface area contributed by atoms with Gasteiger partial charge in [0.05, 0.1) is 26.4 Å². The molecule has 1 aliphatic heterocycles. The number of hydrogen-bond acceptors (Lipinski definition) is 4. The number of benzene rings is 3.